The molecule has 2 nitrogen and oxygen atoms in total. The molecule has 0 saturated carbocycles. The Bertz CT molecular complexity index is 1970. The Kier molecular flexibility index (Phi) is 9.65. The summed E-state index contributed by atoms with van der Waals surface area (Å²) in [6, 6.07) is 52.3. The molecule has 0 aromatic heterocycles. The van der Waals surface area contributed by atoms with Gasteiger partial charge in [-0.15, -0.1) is 0 Å². The number of benzene rings is 6. The van der Waals surface area contributed by atoms with Crippen molar-refractivity contribution in [2.24, 2.45) is 0 Å². The predicted molar refractivity (Wildman–Crippen MR) is 225 cm³/mol. The summed E-state index contributed by atoms with van der Waals surface area (Å²) in [5.74, 6) is 0. The molecule has 2 aliphatic carbocycles. The Balaban J connectivity index is 1.38. The van der Waals surface area contributed by atoms with Crippen LogP contribution in [-0.2, 0) is 49.3 Å². The van der Waals surface area contributed by atoms with Gasteiger partial charge in [0.05, 0.1) is 12.4 Å². The van der Waals surface area contributed by atoms with E-state index in [9.17, 15) is 0 Å². The van der Waals surface area contributed by atoms with Gasteiger partial charge in [0, 0.05) is 43.7 Å². The molecule has 0 amide bonds. The standard InChI is InChI=1S/C44H42N2P2S2/c49-47(35-19-5-1-6-20-35,36-21-7-2-8-22-36)45-41-31-29-33-17-13-15-27-39(33)43(41)44-40-28-16-14-18-34(40)30-32-42(44)46-48(50,37-23-9-3-10-24-37)38-25-11-4-12-26-38/h1-12,19-26,29-32H,13-18,27-28H2,(H,45,49)(H,46,50). The average molecular weight is 725 g/mol. The molecule has 6 heteroatoms. The van der Waals surface area contributed by atoms with Gasteiger partial charge >= 0.3 is 0 Å². The van der Waals surface area contributed by atoms with Crippen LogP contribution < -0.4 is 31.4 Å². The maximum Gasteiger partial charge on any atom is 0.0903 e. The normalized spacial score (nSPS) is 14.3. The molecule has 250 valence electrons. The third-order valence-electron chi connectivity index (χ3n) is 10.4. The van der Waals surface area contributed by atoms with Gasteiger partial charge in [0.15, 0.2) is 0 Å². The summed E-state index contributed by atoms with van der Waals surface area (Å²) < 4.78 is 0. The van der Waals surface area contributed by atoms with Gasteiger partial charge in [0.25, 0.3) is 0 Å². The fraction of sp³-hybridized carbons (Fsp3) is 0.182. The van der Waals surface area contributed by atoms with Crippen LogP contribution in [0.5, 0.6) is 0 Å². The monoisotopic (exact) mass is 724 g/mol. The first-order valence-corrected chi connectivity index (χ1v) is 23.4. The van der Waals surface area contributed by atoms with Crippen LogP contribution in [-0.4, -0.2) is 0 Å². The highest BCUT2D eigenvalue weighted by atomic mass is 32.4. The molecule has 6 aromatic rings. The van der Waals surface area contributed by atoms with Gasteiger partial charge in [0.2, 0.25) is 0 Å². The first kappa shape index (κ1) is 33.4. The first-order valence-electron chi connectivity index (χ1n) is 17.8. The van der Waals surface area contributed by atoms with E-state index in [1.54, 1.807) is 0 Å². The van der Waals surface area contributed by atoms with Crippen LogP contribution in [0, 0.1) is 0 Å². The van der Waals surface area contributed by atoms with E-state index in [0.717, 1.165) is 37.1 Å². The molecule has 0 aliphatic heterocycles. The van der Waals surface area contributed by atoms with Gasteiger partial charge in [0.1, 0.15) is 0 Å². The number of aryl methyl sites for hydroxylation is 2. The lowest BCUT2D eigenvalue weighted by molar-refractivity contribution is 0.682. The number of rotatable bonds is 9. The fourth-order valence-corrected chi connectivity index (χ4v) is 14.4. The van der Waals surface area contributed by atoms with Crippen molar-refractivity contribution < 1.29 is 0 Å². The highest BCUT2D eigenvalue weighted by molar-refractivity contribution is 8.23. The van der Waals surface area contributed by atoms with Crippen LogP contribution in [0.2, 0.25) is 0 Å². The van der Waals surface area contributed by atoms with E-state index in [0.29, 0.717) is 0 Å². The summed E-state index contributed by atoms with van der Waals surface area (Å²) >= 11 is 13.6. The van der Waals surface area contributed by atoms with E-state index < -0.39 is 12.4 Å². The lowest BCUT2D eigenvalue weighted by atomic mass is 9.79. The molecule has 6 aromatic carbocycles. The fourth-order valence-electron chi connectivity index (χ4n) is 7.86. The Hall–Kier alpha value is -3.78. The molecule has 8 rings (SSSR count). The molecule has 0 heterocycles. The highest BCUT2D eigenvalue weighted by Gasteiger charge is 2.31. The molecule has 0 saturated heterocycles. The van der Waals surface area contributed by atoms with E-state index in [1.165, 1.54) is 80.3 Å². The summed E-state index contributed by atoms with van der Waals surface area (Å²) in [6.45, 7) is 0. The van der Waals surface area contributed by atoms with Crippen molar-refractivity contribution in [3.63, 3.8) is 0 Å². The third-order valence-corrected chi connectivity index (χ3v) is 18.6. The number of nitrogens with one attached hydrogen (secondary N) is 2. The van der Waals surface area contributed by atoms with Gasteiger partial charge in [-0.25, -0.2) is 0 Å². The van der Waals surface area contributed by atoms with Crippen molar-refractivity contribution in [2.75, 3.05) is 10.2 Å². The molecule has 0 unspecified atom stereocenters. The SMILES string of the molecule is S=P(Nc1ccc2c(c1-c1c(NP(=S)(c3ccccc3)c3ccccc3)ccc3c1CCCC3)CCCC2)(c1ccccc1)c1ccccc1. The van der Waals surface area contributed by atoms with Crippen molar-refractivity contribution in [1.29, 1.82) is 0 Å². The molecule has 0 fully saturated rings. The molecule has 0 bridgehead atoms. The third kappa shape index (κ3) is 6.33. The van der Waals surface area contributed by atoms with Crippen molar-refractivity contribution in [2.45, 2.75) is 51.4 Å². The van der Waals surface area contributed by atoms with Gasteiger partial charge in [-0.1, -0.05) is 157 Å². The second-order valence-electron chi connectivity index (χ2n) is 13.5. The molecular formula is C44H42N2P2S2. The Morgan fingerprint density at radius 1 is 0.360 bits per heavy atom. The Morgan fingerprint density at radius 3 is 0.980 bits per heavy atom. The van der Waals surface area contributed by atoms with Crippen LogP contribution in [0.1, 0.15) is 47.9 Å². The predicted octanol–water partition coefficient (Wildman–Crippen LogP) is 10.0. The molecule has 2 aliphatic rings. The lowest BCUT2D eigenvalue weighted by Crippen LogP contribution is -2.23. The van der Waals surface area contributed by atoms with Crippen LogP contribution in [0.4, 0.5) is 11.4 Å². The Morgan fingerprint density at radius 2 is 0.660 bits per heavy atom. The van der Waals surface area contributed by atoms with Crippen LogP contribution in [0.25, 0.3) is 11.1 Å². The van der Waals surface area contributed by atoms with Gasteiger partial charge in [-0.2, -0.15) is 0 Å². The molecule has 0 radical (unpaired) electrons. The van der Waals surface area contributed by atoms with E-state index in [2.05, 4.69) is 156 Å². The van der Waals surface area contributed by atoms with Crippen molar-refractivity contribution in [3.05, 3.63) is 168 Å². The van der Waals surface area contributed by atoms with Crippen molar-refractivity contribution >= 4 is 68.6 Å². The first-order chi connectivity index (χ1) is 24.5. The summed E-state index contributed by atoms with van der Waals surface area (Å²) in [7, 11) is 0. The number of fused-ring (bicyclic) bond motifs is 2. The van der Waals surface area contributed by atoms with E-state index >= 15 is 0 Å². The second-order valence-corrected chi connectivity index (χ2v) is 21.7. The molecule has 0 spiro atoms. The lowest BCUT2D eigenvalue weighted by Gasteiger charge is -2.33. The minimum atomic E-state index is -2.46. The zero-order valence-electron chi connectivity index (χ0n) is 28.2. The zero-order chi connectivity index (χ0) is 34.0. The largest absolute Gasteiger partial charge is 0.350 e. The smallest absolute Gasteiger partial charge is 0.0903 e. The highest BCUT2D eigenvalue weighted by Crippen LogP contribution is 2.53. The van der Waals surface area contributed by atoms with Gasteiger partial charge in [-0.3, -0.25) is 0 Å². The van der Waals surface area contributed by atoms with Crippen LogP contribution >= 0.6 is 12.4 Å². The summed E-state index contributed by atoms with van der Waals surface area (Å²) in [4.78, 5) is 0. The summed E-state index contributed by atoms with van der Waals surface area (Å²) in [6.07, 6.45) is 4.27. The average Bonchev–Trinajstić information content (AvgIpc) is 3.19. The van der Waals surface area contributed by atoms with E-state index in [1.807, 2.05) is 0 Å². The maximum absolute atomic E-state index is 6.82. The quantitative estimate of drug-likeness (QED) is 0.145. The number of hydrogen-bond acceptors (Lipinski definition) is 2. The Labute approximate surface area is 307 Å². The molecule has 0 atom stereocenters. The number of anilines is 2. The van der Waals surface area contributed by atoms with Crippen LogP contribution in [0.15, 0.2) is 146 Å². The second kappa shape index (κ2) is 14.5. The maximum atomic E-state index is 6.82. The minimum Gasteiger partial charge on any atom is -0.350 e. The van der Waals surface area contributed by atoms with Crippen molar-refractivity contribution in [1.82, 2.24) is 0 Å². The zero-order valence-corrected chi connectivity index (χ0v) is 31.6. The molecule has 50 heavy (non-hydrogen) atoms. The van der Waals surface area contributed by atoms with Crippen molar-refractivity contribution in [3.8, 4) is 11.1 Å². The summed E-state index contributed by atoms with van der Waals surface area (Å²) in [5, 5.41) is 13.0. The topological polar surface area (TPSA) is 24.1 Å². The van der Waals surface area contributed by atoms with Gasteiger partial charge < -0.3 is 10.2 Å². The minimum absolute atomic E-state index is 1.06. The van der Waals surface area contributed by atoms with Gasteiger partial charge in [-0.05, 0) is 85.8 Å². The van der Waals surface area contributed by atoms with E-state index in [4.69, 9.17) is 23.6 Å². The molecular weight excluding hydrogens is 683 g/mol. The number of hydrogen-bond donors (Lipinski definition) is 2. The van der Waals surface area contributed by atoms with E-state index in [-0.39, 0.29) is 0 Å². The summed E-state index contributed by atoms with van der Waals surface area (Å²) in [5.41, 5.74) is 10.8. The van der Waals surface area contributed by atoms with Crippen LogP contribution in [0.3, 0.4) is 0 Å². The molecule has 2 N–H and O–H groups in total.